The maximum absolute atomic E-state index is 12.2. The first-order valence-electron chi connectivity index (χ1n) is 6.28. The molecule has 2 aromatic rings. The minimum Gasteiger partial charge on any atom is -0.481 e. The van der Waals surface area contributed by atoms with Crippen molar-refractivity contribution >= 4 is 16.7 Å². The summed E-state index contributed by atoms with van der Waals surface area (Å²) in [7, 11) is 0. The molecule has 5 heteroatoms. The van der Waals surface area contributed by atoms with Crippen molar-refractivity contribution in [2.24, 2.45) is 0 Å². The van der Waals surface area contributed by atoms with Gasteiger partial charge in [0.1, 0.15) is 0 Å². The van der Waals surface area contributed by atoms with E-state index in [0.29, 0.717) is 23.0 Å². The van der Waals surface area contributed by atoms with Crippen molar-refractivity contribution in [3.8, 4) is 0 Å². The maximum Gasteiger partial charge on any atom is 0.312 e. The largest absolute Gasteiger partial charge is 0.481 e. The van der Waals surface area contributed by atoms with Gasteiger partial charge in [-0.2, -0.15) is 5.10 Å². The van der Waals surface area contributed by atoms with Gasteiger partial charge in [-0.3, -0.25) is 9.59 Å². The molecule has 1 atom stereocenters. The van der Waals surface area contributed by atoms with Gasteiger partial charge in [-0.25, -0.2) is 4.68 Å². The topological polar surface area (TPSA) is 72.2 Å². The van der Waals surface area contributed by atoms with Gasteiger partial charge in [0.25, 0.3) is 5.56 Å². The fourth-order valence-corrected chi connectivity index (χ4v) is 2.06. The molecule has 5 nitrogen and oxygen atoms in total. The van der Waals surface area contributed by atoms with Gasteiger partial charge in [-0.05, 0) is 19.4 Å². The van der Waals surface area contributed by atoms with E-state index in [0.717, 1.165) is 6.42 Å². The van der Waals surface area contributed by atoms with Crippen LogP contribution in [0.25, 0.3) is 10.8 Å². The lowest BCUT2D eigenvalue weighted by atomic mass is 10.0. The van der Waals surface area contributed by atoms with Crippen LogP contribution >= 0.6 is 0 Å². The number of carboxylic acids is 1. The second-order valence-electron chi connectivity index (χ2n) is 4.52. The molecule has 1 N–H and O–H groups in total. The summed E-state index contributed by atoms with van der Waals surface area (Å²) in [5.41, 5.74) is 0.273. The molecular formula is C14H16N2O3. The predicted octanol–water partition coefficient (Wildman–Crippen LogP) is 1.99. The molecular weight excluding hydrogens is 244 g/mol. The van der Waals surface area contributed by atoms with Gasteiger partial charge in [0, 0.05) is 11.9 Å². The average Bonchev–Trinajstić information content (AvgIpc) is 2.41. The third kappa shape index (κ3) is 2.36. The lowest BCUT2D eigenvalue weighted by Crippen LogP contribution is -2.26. The number of rotatable bonds is 4. The number of aliphatic carboxylic acids is 1. The fraction of sp³-hybridized carbons (Fsp3) is 0.357. The Morgan fingerprint density at radius 2 is 2.00 bits per heavy atom. The minimum absolute atomic E-state index is 0.168. The number of hydrogen-bond donors (Lipinski definition) is 1. The molecule has 0 saturated carbocycles. The van der Waals surface area contributed by atoms with Crippen LogP contribution in [0.2, 0.25) is 0 Å². The predicted molar refractivity (Wildman–Crippen MR) is 72.3 cm³/mol. The molecule has 1 aromatic heterocycles. The SMILES string of the molecule is CCCn1nc(C(C)C(=O)O)c2ccccc2c1=O. The Bertz CT molecular complexity index is 676. The van der Waals surface area contributed by atoms with E-state index < -0.39 is 11.9 Å². The Labute approximate surface area is 110 Å². The summed E-state index contributed by atoms with van der Waals surface area (Å²) in [6.45, 7) is 4.02. The number of hydrogen-bond acceptors (Lipinski definition) is 3. The number of aromatic nitrogens is 2. The van der Waals surface area contributed by atoms with Crippen LogP contribution in [0.1, 0.15) is 31.9 Å². The average molecular weight is 260 g/mol. The first-order valence-corrected chi connectivity index (χ1v) is 6.28. The maximum atomic E-state index is 12.2. The molecule has 0 aliphatic carbocycles. The molecule has 0 saturated heterocycles. The zero-order chi connectivity index (χ0) is 14.0. The molecule has 0 amide bonds. The molecule has 0 radical (unpaired) electrons. The van der Waals surface area contributed by atoms with E-state index in [-0.39, 0.29) is 5.56 Å². The van der Waals surface area contributed by atoms with Gasteiger partial charge in [0.2, 0.25) is 0 Å². The monoisotopic (exact) mass is 260 g/mol. The Morgan fingerprint density at radius 1 is 1.37 bits per heavy atom. The number of benzene rings is 1. The van der Waals surface area contributed by atoms with E-state index in [1.165, 1.54) is 4.68 Å². The Hall–Kier alpha value is -2.17. The summed E-state index contributed by atoms with van der Waals surface area (Å²) in [5, 5.41) is 14.5. The van der Waals surface area contributed by atoms with Gasteiger partial charge in [0.15, 0.2) is 0 Å². The molecule has 1 heterocycles. The van der Waals surface area contributed by atoms with E-state index >= 15 is 0 Å². The van der Waals surface area contributed by atoms with Crippen LogP contribution in [-0.2, 0) is 11.3 Å². The molecule has 0 fully saturated rings. The Balaban J connectivity index is 2.78. The summed E-state index contributed by atoms with van der Waals surface area (Å²) < 4.78 is 1.36. The van der Waals surface area contributed by atoms with E-state index in [4.69, 9.17) is 5.11 Å². The summed E-state index contributed by atoms with van der Waals surface area (Å²) >= 11 is 0. The van der Waals surface area contributed by atoms with Crippen molar-refractivity contribution in [3.63, 3.8) is 0 Å². The summed E-state index contributed by atoms with van der Waals surface area (Å²) in [4.78, 5) is 23.4. The molecule has 0 aliphatic heterocycles. The van der Waals surface area contributed by atoms with Crippen molar-refractivity contribution in [2.45, 2.75) is 32.7 Å². The molecule has 2 rings (SSSR count). The van der Waals surface area contributed by atoms with Crippen LogP contribution in [0.15, 0.2) is 29.1 Å². The summed E-state index contributed by atoms with van der Waals surface area (Å²) in [5.74, 6) is -1.69. The fourth-order valence-electron chi connectivity index (χ4n) is 2.06. The van der Waals surface area contributed by atoms with Crippen molar-refractivity contribution in [1.82, 2.24) is 9.78 Å². The third-order valence-electron chi connectivity index (χ3n) is 3.11. The number of aryl methyl sites for hydroxylation is 1. The number of carboxylic acid groups (broad SMARTS) is 1. The van der Waals surface area contributed by atoms with Gasteiger partial charge in [0.05, 0.1) is 17.0 Å². The first-order chi connectivity index (χ1) is 9.06. The summed E-state index contributed by atoms with van der Waals surface area (Å²) in [6, 6.07) is 7.01. The lowest BCUT2D eigenvalue weighted by Gasteiger charge is -2.12. The summed E-state index contributed by atoms with van der Waals surface area (Å²) in [6.07, 6.45) is 0.770. The highest BCUT2D eigenvalue weighted by molar-refractivity contribution is 5.88. The van der Waals surface area contributed by atoms with Crippen LogP contribution in [0.5, 0.6) is 0 Å². The van der Waals surface area contributed by atoms with E-state index in [1.54, 1.807) is 31.2 Å². The van der Waals surface area contributed by atoms with Gasteiger partial charge in [-0.15, -0.1) is 0 Å². The molecule has 19 heavy (non-hydrogen) atoms. The smallest absolute Gasteiger partial charge is 0.312 e. The van der Waals surface area contributed by atoms with E-state index in [9.17, 15) is 9.59 Å². The van der Waals surface area contributed by atoms with Crippen molar-refractivity contribution < 1.29 is 9.90 Å². The van der Waals surface area contributed by atoms with Crippen molar-refractivity contribution in [1.29, 1.82) is 0 Å². The third-order valence-corrected chi connectivity index (χ3v) is 3.11. The second-order valence-corrected chi connectivity index (χ2v) is 4.52. The molecule has 0 bridgehead atoms. The van der Waals surface area contributed by atoms with Crippen LogP contribution in [0.3, 0.4) is 0 Å². The van der Waals surface area contributed by atoms with E-state index in [2.05, 4.69) is 5.10 Å². The molecule has 0 spiro atoms. The second kappa shape index (κ2) is 5.22. The number of carbonyl (C=O) groups is 1. The van der Waals surface area contributed by atoms with Gasteiger partial charge in [-0.1, -0.05) is 25.1 Å². The van der Waals surface area contributed by atoms with Crippen LogP contribution < -0.4 is 5.56 Å². The van der Waals surface area contributed by atoms with Crippen molar-refractivity contribution in [3.05, 3.63) is 40.3 Å². The zero-order valence-corrected chi connectivity index (χ0v) is 11.0. The van der Waals surface area contributed by atoms with E-state index in [1.807, 2.05) is 6.92 Å². The molecule has 1 unspecified atom stereocenters. The Morgan fingerprint density at radius 3 is 2.58 bits per heavy atom. The van der Waals surface area contributed by atoms with Gasteiger partial charge < -0.3 is 5.11 Å². The highest BCUT2D eigenvalue weighted by atomic mass is 16.4. The molecule has 100 valence electrons. The highest BCUT2D eigenvalue weighted by Gasteiger charge is 2.20. The van der Waals surface area contributed by atoms with Crippen LogP contribution in [0.4, 0.5) is 0 Å². The lowest BCUT2D eigenvalue weighted by molar-refractivity contribution is -0.138. The van der Waals surface area contributed by atoms with Crippen molar-refractivity contribution in [2.75, 3.05) is 0 Å². The number of nitrogens with zero attached hydrogens (tertiary/aromatic N) is 2. The minimum atomic E-state index is -0.945. The molecule has 0 aliphatic rings. The van der Waals surface area contributed by atoms with Gasteiger partial charge >= 0.3 is 5.97 Å². The Kier molecular flexibility index (Phi) is 3.64. The van der Waals surface area contributed by atoms with Crippen LogP contribution in [-0.4, -0.2) is 20.9 Å². The molecule has 1 aromatic carbocycles. The first kappa shape index (κ1) is 13.3. The number of fused-ring (bicyclic) bond motifs is 1. The quantitative estimate of drug-likeness (QED) is 0.912. The highest BCUT2D eigenvalue weighted by Crippen LogP contribution is 2.21. The zero-order valence-electron chi connectivity index (χ0n) is 11.0. The standard InChI is InChI=1S/C14H16N2O3/c1-3-8-16-13(17)11-7-5-4-6-10(11)12(15-16)9(2)14(18)19/h4-7,9H,3,8H2,1-2H3,(H,18,19). The normalized spacial score (nSPS) is 12.5. The van der Waals surface area contributed by atoms with Crippen LogP contribution in [0, 0.1) is 0 Å².